The normalized spacial score (nSPS) is 18.9. The molecule has 0 aliphatic carbocycles. The van der Waals surface area contributed by atoms with Crippen LogP contribution in [-0.2, 0) is 10.0 Å². The number of sulfonamides is 1. The van der Waals surface area contributed by atoms with E-state index in [1.807, 2.05) is 0 Å². The lowest BCUT2D eigenvalue weighted by Crippen LogP contribution is -2.33. The third-order valence-corrected chi connectivity index (χ3v) is 7.34. The van der Waals surface area contributed by atoms with Gasteiger partial charge in [-0.2, -0.15) is 0 Å². The molecule has 0 bridgehead atoms. The Hall–Kier alpha value is -2.05. The number of hydroxylamine groups is 1. The van der Waals surface area contributed by atoms with Crippen LogP contribution in [0.2, 0.25) is 0 Å². The van der Waals surface area contributed by atoms with Gasteiger partial charge in [0, 0.05) is 11.3 Å². The maximum Gasteiger partial charge on any atom is 0.265 e. The Morgan fingerprint density at radius 3 is 2.74 bits per heavy atom. The topological polar surface area (TPSA) is 86.7 Å². The van der Waals surface area contributed by atoms with Crippen LogP contribution < -0.4 is 5.32 Å². The van der Waals surface area contributed by atoms with Crippen molar-refractivity contribution in [1.82, 2.24) is 9.79 Å². The van der Waals surface area contributed by atoms with E-state index in [0.717, 1.165) is 12.6 Å². The molecule has 1 aromatic carbocycles. The maximum atomic E-state index is 12.7. The van der Waals surface area contributed by atoms with Crippen LogP contribution in [0.25, 0.3) is 0 Å². The molecule has 1 aliphatic rings. The van der Waals surface area contributed by atoms with Gasteiger partial charge >= 0.3 is 0 Å². The molecule has 1 aliphatic heterocycles. The molecule has 1 amide bonds. The van der Waals surface area contributed by atoms with Crippen LogP contribution in [0.4, 0.5) is 0 Å². The first-order valence-electron chi connectivity index (χ1n) is 8.40. The van der Waals surface area contributed by atoms with Crippen LogP contribution in [0.5, 0.6) is 0 Å². The first-order valence-corrected chi connectivity index (χ1v) is 11.1. The van der Waals surface area contributed by atoms with Crippen LogP contribution in [-0.4, -0.2) is 35.9 Å². The zero-order valence-corrected chi connectivity index (χ0v) is 16.7. The maximum absolute atomic E-state index is 12.7. The Bertz CT molecular complexity index is 871. The molecule has 144 valence electrons. The van der Waals surface area contributed by atoms with Crippen LogP contribution in [0, 0.1) is 0 Å². The minimum absolute atomic E-state index is 0.120. The lowest BCUT2D eigenvalue weighted by atomic mass is 10.2. The summed E-state index contributed by atoms with van der Waals surface area (Å²) in [4.78, 5) is 12.4. The molecule has 1 aromatic rings. The molecule has 0 radical (unpaired) electrons. The molecule has 2 atom stereocenters. The van der Waals surface area contributed by atoms with Crippen molar-refractivity contribution < 1.29 is 18.4 Å². The van der Waals surface area contributed by atoms with Gasteiger partial charge in [-0.3, -0.25) is 10.0 Å². The van der Waals surface area contributed by atoms with Crippen molar-refractivity contribution >= 4 is 24.5 Å². The Morgan fingerprint density at radius 1 is 1.33 bits per heavy atom. The summed E-state index contributed by atoms with van der Waals surface area (Å²) in [5.74, 6) is -0.861. The summed E-state index contributed by atoms with van der Waals surface area (Å²) < 4.78 is 25.8. The van der Waals surface area contributed by atoms with Crippen molar-refractivity contribution in [3.8, 4) is 0 Å². The third-order valence-electron chi connectivity index (χ3n) is 3.91. The van der Waals surface area contributed by atoms with Gasteiger partial charge in [0.25, 0.3) is 15.9 Å². The second-order valence-electron chi connectivity index (χ2n) is 5.82. The number of hydrogen-bond acceptors (Lipinski definition) is 4. The molecule has 6 nitrogen and oxygen atoms in total. The van der Waals surface area contributed by atoms with E-state index in [0.29, 0.717) is 25.2 Å². The van der Waals surface area contributed by atoms with Crippen LogP contribution in [0.1, 0.15) is 23.2 Å². The highest BCUT2D eigenvalue weighted by molar-refractivity contribution is 7.89. The molecule has 1 heterocycles. The molecule has 8 heteroatoms. The second kappa shape index (κ2) is 9.76. The van der Waals surface area contributed by atoms with E-state index in [9.17, 15) is 18.4 Å². The van der Waals surface area contributed by atoms with E-state index in [-0.39, 0.29) is 10.5 Å². The van der Waals surface area contributed by atoms with Gasteiger partial charge in [0.1, 0.15) is 0 Å². The number of nitrogens with zero attached hydrogens (tertiary/aromatic N) is 1. The zero-order valence-electron chi connectivity index (χ0n) is 14.8. The number of carbonyl (C=O) groups excluding carboxylic acids is 1. The summed E-state index contributed by atoms with van der Waals surface area (Å²) in [7, 11) is -3.70. The summed E-state index contributed by atoms with van der Waals surface area (Å²) in [6, 6.07) is 5.61. The summed E-state index contributed by atoms with van der Waals surface area (Å²) in [5, 5.41) is 12.9. The van der Waals surface area contributed by atoms with Crippen LogP contribution in [0.3, 0.4) is 0 Å². The SMILES string of the molecule is C=C/C=C\C(=C/C=C)NC(=O)c1cccc(S(=O)(=O)N(O)C2CCCP2)c1. The molecule has 1 fully saturated rings. The number of amides is 1. The van der Waals surface area contributed by atoms with Crippen molar-refractivity contribution in [2.45, 2.75) is 23.5 Å². The van der Waals surface area contributed by atoms with Gasteiger partial charge in [-0.05, 0) is 49.4 Å². The molecule has 0 saturated carbocycles. The van der Waals surface area contributed by atoms with Gasteiger partial charge < -0.3 is 5.32 Å². The van der Waals surface area contributed by atoms with Gasteiger partial charge in [0.2, 0.25) is 0 Å². The van der Waals surface area contributed by atoms with Crippen LogP contribution in [0.15, 0.2) is 78.4 Å². The van der Waals surface area contributed by atoms with Crippen molar-refractivity contribution in [3.05, 3.63) is 79.1 Å². The van der Waals surface area contributed by atoms with Crippen molar-refractivity contribution in [2.75, 3.05) is 6.16 Å². The smallest absolute Gasteiger partial charge is 0.265 e. The summed E-state index contributed by atoms with van der Waals surface area (Å²) in [6.07, 6.45) is 10.4. The summed E-state index contributed by atoms with van der Waals surface area (Å²) in [6.45, 7) is 7.16. The predicted molar refractivity (Wildman–Crippen MR) is 109 cm³/mol. The molecule has 0 aromatic heterocycles. The number of allylic oxidation sites excluding steroid dienone is 5. The molecule has 2 N–H and O–H groups in total. The molecular weight excluding hydrogens is 383 g/mol. The van der Waals surface area contributed by atoms with Crippen molar-refractivity contribution in [2.24, 2.45) is 0 Å². The van der Waals surface area contributed by atoms with E-state index in [1.165, 1.54) is 30.3 Å². The fourth-order valence-electron chi connectivity index (χ4n) is 2.57. The fraction of sp³-hybridized carbons (Fsp3) is 0.211. The van der Waals surface area contributed by atoms with Gasteiger partial charge in [0.15, 0.2) is 0 Å². The fourth-order valence-corrected chi connectivity index (χ4v) is 5.70. The van der Waals surface area contributed by atoms with Gasteiger partial charge in [0.05, 0.1) is 10.7 Å². The first-order chi connectivity index (χ1) is 12.9. The largest absolute Gasteiger partial charge is 0.322 e. The average Bonchev–Trinajstić information content (AvgIpc) is 3.20. The van der Waals surface area contributed by atoms with E-state index >= 15 is 0 Å². The standard InChI is InChI=1S/C19H23N2O4PS/c1-3-5-10-16(8-4-2)20-19(22)15-9-6-11-17(14-15)27(24,25)21(23)18-12-7-13-26-18/h3-6,8-11,14,18,23,26H,1-2,7,12-13H2,(H,20,22)/b10-5-,16-8+. The monoisotopic (exact) mass is 406 g/mol. The number of nitrogens with one attached hydrogen (secondary N) is 1. The molecule has 2 rings (SSSR count). The first kappa shape index (κ1) is 21.3. The number of rotatable bonds is 8. The average molecular weight is 406 g/mol. The van der Waals surface area contributed by atoms with E-state index in [2.05, 4.69) is 18.5 Å². The quantitative estimate of drug-likeness (QED) is 0.394. The Morgan fingerprint density at radius 2 is 2.11 bits per heavy atom. The zero-order chi connectivity index (χ0) is 19.9. The van der Waals surface area contributed by atoms with Gasteiger partial charge in [-0.15, -0.1) is 0 Å². The highest BCUT2D eigenvalue weighted by Crippen LogP contribution is 2.36. The van der Waals surface area contributed by atoms with E-state index in [4.69, 9.17) is 0 Å². The number of hydrogen-bond donors (Lipinski definition) is 2. The van der Waals surface area contributed by atoms with Crippen molar-refractivity contribution in [3.63, 3.8) is 0 Å². The molecule has 0 spiro atoms. The Balaban J connectivity index is 2.24. The Kier molecular flexibility index (Phi) is 7.68. The number of carbonyl (C=O) groups is 1. The lowest BCUT2D eigenvalue weighted by molar-refractivity contribution is -0.00878. The molecular formula is C19H23N2O4PS. The van der Waals surface area contributed by atoms with Crippen LogP contribution >= 0.6 is 8.58 Å². The Labute approximate surface area is 161 Å². The van der Waals surface area contributed by atoms with E-state index in [1.54, 1.807) is 24.3 Å². The summed E-state index contributed by atoms with van der Waals surface area (Å²) in [5.41, 5.74) is 0.652. The third kappa shape index (κ3) is 5.47. The minimum Gasteiger partial charge on any atom is -0.322 e. The molecule has 2 unspecified atom stereocenters. The van der Waals surface area contributed by atoms with Gasteiger partial charge in [-0.25, -0.2) is 8.42 Å². The molecule has 27 heavy (non-hydrogen) atoms. The van der Waals surface area contributed by atoms with E-state index < -0.39 is 21.7 Å². The van der Waals surface area contributed by atoms with Gasteiger partial charge in [-0.1, -0.05) is 50.5 Å². The number of benzene rings is 1. The minimum atomic E-state index is -4.07. The summed E-state index contributed by atoms with van der Waals surface area (Å²) >= 11 is 0. The predicted octanol–water partition coefficient (Wildman–Crippen LogP) is 3.41. The second-order valence-corrected chi connectivity index (χ2v) is 9.19. The lowest BCUT2D eigenvalue weighted by Gasteiger charge is -2.21. The molecule has 1 saturated heterocycles. The highest BCUT2D eigenvalue weighted by Gasteiger charge is 2.32. The highest BCUT2D eigenvalue weighted by atomic mass is 32.2. The van der Waals surface area contributed by atoms with Crippen molar-refractivity contribution in [1.29, 1.82) is 0 Å².